The summed E-state index contributed by atoms with van der Waals surface area (Å²) in [7, 11) is 0. The van der Waals surface area contributed by atoms with Crippen LogP contribution in [0.2, 0.25) is 0 Å². The van der Waals surface area contributed by atoms with Crippen LogP contribution in [0.3, 0.4) is 0 Å². The number of alkyl halides is 3. The summed E-state index contributed by atoms with van der Waals surface area (Å²) in [5, 5.41) is 0. The first-order valence-corrected chi connectivity index (χ1v) is 5.87. The number of ether oxygens (including phenoxy) is 1. The van der Waals surface area contributed by atoms with Crippen molar-refractivity contribution in [1.82, 2.24) is 0 Å². The van der Waals surface area contributed by atoms with Gasteiger partial charge in [0.25, 0.3) is 0 Å². The molecule has 19 heavy (non-hydrogen) atoms. The van der Waals surface area contributed by atoms with Crippen molar-refractivity contribution in [1.29, 1.82) is 0 Å². The number of benzene rings is 1. The lowest BCUT2D eigenvalue weighted by Gasteiger charge is -2.19. The molecule has 110 valence electrons. The number of rotatable bonds is 5. The van der Waals surface area contributed by atoms with E-state index in [0.717, 1.165) is 0 Å². The molecule has 0 unspecified atom stereocenters. The lowest BCUT2D eigenvalue weighted by atomic mass is 10.0. The Hall–Kier alpha value is -0.940. The van der Waals surface area contributed by atoms with Gasteiger partial charge in [-0.25, -0.2) is 0 Å². The van der Waals surface area contributed by atoms with Gasteiger partial charge in [-0.2, -0.15) is 13.2 Å². The van der Waals surface area contributed by atoms with Crippen molar-refractivity contribution in [3.63, 3.8) is 0 Å². The first-order valence-electron chi connectivity index (χ1n) is 5.87. The van der Waals surface area contributed by atoms with Crippen molar-refractivity contribution in [2.24, 2.45) is 5.73 Å². The number of halogens is 4. The summed E-state index contributed by atoms with van der Waals surface area (Å²) in [4.78, 5) is 0. The first kappa shape index (κ1) is 18.1. The van der Waals surface area contributed by atoms with E-state index in [9.17, 15) is 13.2 Å². The predicted octanol–water partition coefficient (Wildman–Crippen LogP) is 4.24. The van der Waals surface area contributed by atoms with Crippen LogP contribution in [0.5, 0.6) is 5.75 Å². The Kier molecular flexibility index (Phi) is 7.23. The zero-order valence-electron chi connectivity index (χ0n) is 10.9. The van der Waals surface area contributed by atoms with Crippen LogP contribution in [0.1, 0.15) is 38.3 Å². The summed E-state index contributed by atoms with van der Waals surface area (Å²) in [6.45, 7) is 3.72. The van der Waals surface area contributed by atoms with Crippen LogP contribution in [0.25, 0.3) is 0 Å². The van der Waals surface area contributed by atoms with Crippen molar-refractivity contribution >= 4 is 12.4 Å². The topological polar surface area (TPSA) is 35.2 Å². The maximum atomic E-state index is 12.2. The lowest BCUT2D eigenvalue weighted by molar-refractivity contribution is -0.136. The number of nitrogens with two attached hydrogens (primary N) is 1. The summed E-state index contributed by atoms with van der Waals surface area (Å²) in [5.41, 5.74) is 6.42. The third kappa shape index (κ3) is 6.68. The second kappa shape index (κ2) is 7.60. The summed E-state index contributed by atoms with van der Waals surface area (Å²) >= 11 is 0. The van der Waals surface area contributed by atoms with E-state index in [0.29, 0.717) is 11.3 Å². The third-order valence-corrected chi connectivity index (χ3v) is 2.42. The van der Waals surface area contributed by atoms with Gasteiger partial charge in [0.2, 0.25) is 0 Å². The molecule has 6 heteroatoms. The molecule has 1 atom stereocenters. The molecule has 0 heterocycles. The maximum absolute atomic E-state index is 12.2. The van der Waals surface area contributed by atoms with Crippen LogP contribution in [-0.2, 0) is 0 Å². The van der Waals surface area contributed by atoms with Crippen molar-refractivity contribution in [2.45, 2.75) is 45.0 Å². The van der Waals surface area contributed by atoms with Gasteiger partial charge in [0.15, 0.2) is 0 Å². The van der Waals surface area contributed by atoms with Crippen LogP contribution in [0.4, 0.5) is 13.2 Å². The highest BCUT2D eigenvalue weighted by molar-refractivity contribution is 5.85. The summed E-state index contributed by atoms with van der Waals surface area (Å²) in [5.74, 6) is 0.558. The van der Waals surface area contributed by atoms with Crippen LogP contribution in [0, 0.1) is 0 Å². The van der Waals surface area contributed by atoms with Crippen molar-refractivity contribution < 1.29 is 17.9 Å². The van der Waals surface area contributed by atoms with Crippen molar-refractivity contribution in [3.8, 4) is 5.75 Å². The van der Waals surface area contributed by atoms with E-state index in [1.807, 2.05) is 13.8 Å². The molecule has 1 rings (SSSR count). The molecule has 2 N–H and O–H groups in total. The number of hydrogen-bond acceptors (Lipinski definition) is 2. The first-order chi connectivity index (χ1) is 8.29. The van der Waals surface area contributed by atoms with Gasteiger partial charge in [0.1, 0.15) is 5.75 Å². The van der Waals surface area contributed by atoms with Gasteiger partial charge >= 0.3 is 6.18 Å². The zero-order chi connectivity index (χ0) is 13.8. The minimum absolute atomic E-state index is 0. The number of hydrogen-bond donors (Lipinski definition) is 1. The van der Waals surface area contributed by atoms with Crippen LogP contribution in [0.15, 0.2) is 24.3 Å². The highest BCUT2D eigenvalue weighted by Crippen LogP contribution is 2.30. The molecule has 0 amide bonds. The van der Waals surface area contributed by atoms with Crippen LogP contribution in [-0.4, -0.2) is 12.3 Å². The maximum Gasteiger partial charge on any atom is 0.389 e. The molecule has 0 saturated carbocycles. The molecule has 0 fully saturated rings. The van der Waals surface area contributed by atoms with Crippen molar-refractivity contribution in [2.75, 3.05) is 0 Å². The van der Waals surface area contributed by atoms with Crippen LogP contribution >= 0.6 is 12.4 Å². The van der Waals surface area contributed by atoms with E-state index in [4.69, 9.17) is 10.5 Å². The Labute approximate surface area is 117 Å². The number of para-hydroxylation sites is 1. The fourth-order valence-corrected chi connectivity index (χ4v) is 1.62. The molecule has 0 aromatic heterocycles. The molecular formula is C13H19ClF3NO. The van der Waals surface area contributed by atoms with Crippen LogP contribution < -0.4 is 10.5 Å². The van der Waals surface area contributed by atoms with Crippen molar-refractivity contribution in [3.05, 3.63) is 29.8 Å². The average molecular weight is 298 g/mol. The third-order valence-electron chi connectivity index (χ3n) is 2.42. The molecule has 1 aromatic carbocycles. The molecule has 0 aliphatic rings. The van der Waals surface area contributed by atoms with E-state index in [-0.39, 0.29) is 24.9 Å². The molecule has 2 nitrogen and oxygen atoms in total. The largest absolute Gasteiger partial charge is 0.491 e. The molecular weight excluding hydrogens is 279 g/mol. The summed E-state index contributed by atoms with van der Waals surface area (Å²) in [6.07, 6.45) is -5.24. The predicted molar refractivity (Wildman–Crippen MR) is 71.7 cm³/mol. The normalized spacial score (nSPS) is 13.0. The second-order valence-corrected chi connectivity index (χ2v) is 4.46. The standard InChI is InChI=1S/C13H18F3NO.ClH/c1-9(2)18-12-6-4-3-5-10(12)11(17)7-8-13(14,15)16;/h3-6,9,11H,7-8,17H2,1-2H3;1H/t11-;/m1./s1. The fourth-order valence-electron chi connectivity index (χ4n) is 1.62. The minimum Gasteiger partial charge on any atom is -0.491 e. The highest BCUT2D eigenvalue weighted by atomic mass is 35.5. The minimum atomic E-state index is -4.18. The molecule has 0 radical (unpaired) electrons. The highest BCUT2D eigenvalue weighted by Gasteiger charge is 2.28. The zero-order valence-corrected chi connectivity index (χ0v) is 11.7. The quantitative estimate of drug-likeness (QED) is 0.882. The van der Waals surface area contributed by atoms with E-state index in [1.54, 1.807) is 24.3 Å². The average Bonchev–Trinajstić information content (AvgIpc) is 2.25. The van der Waals surface area contributed by atoms with Gasteiger partial charge < -0.3 is 10.5 Å². The summed E-state index contributed by atoms with van der Waals surface area (Å²) < 4.78 is 42.0. The Morgan fingerprint density at radius 2 is 1.79 bits per heavy atom. The fraction of sp³-hybridized carbons (Fsp3) is 0.538. The van der Waals surface area contributed by atoms with E-state index < -0.39 is 18.6 Å². The van der Waals surface area contributed by atoms with E-state index in [1.165, 1.54) is 0 Å². The van der Waals surface area contributed by atoms with Gasteiger partial charge in [-0.3, -0.25) is 0 Å². The SMILES string of the molecule is CC(C)Oc1ccccc1[C@H](N)CCC(F)(F)F.Cl. The molecule has 0 saturated heterocycles. The molecule has 0 spiro atoms. The summed E-state index contributed by atoms with van der Waals surface area (Å²) in [6, 6.07) is 6.29. The van der Waals surface area contributed by atoms with Gasteiger partial charge in [-0.15, -0.1) is 12.4 Å². The Morgan fingerprint density at radius 1 is 1.21 bits per heavy atom. The molecule has 1 aromatic rings. The Morgan fingerprint density at radius 3 is 2.32 bits per heavy atom. The monoisotopic (exact) mass is 297 g/mol. The smallest absolute Gasteiger partial charge is 0.389 e. The van der Waals surface area contributed by atoms with E-state index in [2.05, 4.69) is 0 Å². The Balaban J connectivity index is 0.00000324. The van der Waals surface area contributed by atoms with Gasteiger partial charge in [0, 0.05) is 18.0 Å². The molecule has 0 aliphatic carbocycles. The lowest BCUT2D eigenvalue weighted by Crippen LogP contribution is -2.17. The Bertz CT molecular complexity index is 382. The molecule has 0 bridgehead atoms. The molecule has 0 aliphatic heterocycles. The van der Waals surface area contributed by atoms with Gasteiger partial charge in [-0.1, -0.05) is 18.2 Å². The van der Waals surface area contributed by atoms with E-state index >= 15 is 0 Å². The van der Waals surface area contributed by atoms with Gasteiger partial charge in [-0.05, 0) is 26.3 Å². The van der Waals surface area contributed by atoms with Gasteiger partial charge in [0.05, 0.1) is 6.10 Å². The second-order valence-electron chi connectivity index (χ2n) is 4.46.